The van der Waals surface area contributed by atoms with Gasteiger partial charge in [0.05, 0.1) is 0 Å². The number of halogens is 3. The van der Waals surface area contributed by atoms with E-state index in [1.807, 2.05) is 0 Å². The van der Waals surface area contributed by atoms with Gasteiger partial charge in [-0.1, -0.05) is 0 Å². The third kappa shape index (κ3) is 1.60. The maximum atomic E-state index is 12.7. The minimum atomic E-state index is -4.76. The number of carbonyl (C=O) groups excluding carboxylic acids is 1. The molecule has 2 N–H and O–H groups in total. The van der Waals surface area contributed by atoms with Crippen molar-refractivity contribution in [3.05, 3.63) is 23.3 Å². The van der Waals surface area contributed by atoms with Crippen LogP contribution in [0.1, 0.15) is 22.8 Å². The molecule has 1 aromatic rings. The minimum absolute atomic E-state index is 0.434. The van der Waals surface area contributed by atoms with Crippen LogP contribution < -0.4 is 0 Å². The van der Waals surface area contributed by atoms with E-state index in [0.29, 0.717) is 0 Å². The van der Waals surface area contributed by atoms with Crippen LogP contribution in [0.25, 0.3) is 0 Å². The van der Waals surface area contributed by atoms with Crippen molar-refractivity contribution in [2.45, 2.75) is 18.8 Å². The van der Waals surface area contributed by atoms with E-state index in [-0.39, 0.29) is 0 Å². The topological polar surface area (TPSA) is 82.2 Å². The van der Waals surface area contributed by atoms with Gasteiger partial charge in [-0.05, 0) is 19.1 Å². The number of aromatic hydroxyl groups is 2. The minimum Gasteiger partial charge on any atom is -0.507 e. The lowest BCUT2D eigenvalue weighted by Crippen LogP contribution is -2.30. The molecule has 0 saturated heterocycles. The fraction of sp³-hybridized carbons (Fsp3) is 0.300. The molecule has 0 unspecified atom stereocenters. The molecule has 0 amide bonds. The quantitative estimate of drug-likeness (QED) is 0.801. The van der Waals surface area contributed by atoms with E-state index in [4.69, 9.17) is 0 Å². The summed E-state index contributed by atoms with van der Waals surface area (Å²) in [6, 6.07) is 1.45. The molecule has 0 aliphatic carbocycles. The molecule has 18 heavy (non-hydrogen) atoms. The Kier molecular flexibility index (Phi) is 2.36. The van der Waals surface area contributed by atoms with Gasteiger partial charge >= 0.3 is 11.8 Å². The maximum absolute atomic E-state index is 12.7. The predicted octanol–water partition coefficient (Wildman–Crippen LogP) is 2.48. The van der Waals surface area contributed by atoms with Gasteiger partial charge in [0, 0.05) is 5.56 Å². The fourth-order valence-corrected chi connectivity index (χ4v) is 1.62. The lowest BCUT2D eigenvalue weighted by molar-refractivity contribution is -0.166. The molecule has 0 fully saturated rings. The van der Waals surface area contributed by atoms with Gasteiger partial charge < -0.3 is 10.2 Å². The number of ketones is 1. The first-order valence-corrected chi connectivity index (χ1v) is 4.77. The van der Waals surface area contributed by atoms with Gasteiger partial charge in [0.2, 0.25) is 0 Å². The highest BCUT2D eigenvalue weighted by Crippen LogP contribution is 2.53. The summed E-state index contributed by atoms with van der Waals surface area (Å²) in [5, 5.41) is 24.8. The van der Waals surface area contributed by atoms with Crippen molar-refractivity contribution in [3.63, 3.8) is 0 Å². The molecule has 0 spiro atoms. The lowest BCUT2D eigenvalue weighted by Gasteiger charge is -2.16. The van der Waals surface area contributed by atoms with Crippen molar-refractivity contribution in [2.75, 3.05) is 0 Å². The summed E-state index contributed by atoms with van der Waals surface area (Å²) >= 11 is 0. The van der Waals surface area contributed by atoms with E-state index in [1.165, 1.54) is 0 Å². The summed E-state index contributed by atoms with van der Waals surface area (Å²) in [6.07, 6.45) is -4.76. The van der Waals surface area contributed by atoms with Crippen molar-refractivity contribution in [1.82, 2.24) is 0 Å². The molecule has 8 heteroatoms. The van der Waals surface area contributed by atoms with E-state index in [0.717, 1.165) is 19.1 Å². The Hall–Kier alpha value is -2.12. The normalized spacial score (nSPS) is 16.7. The molecule has 1 aromatic carbocycles. The molecule has 1 heterocycles. The van der Waals surface area contributed by atoms with Gasteiger partial charge in [0.25, 0.3) is 0 Å². The Morgan fingerprint density at radius 1 is 1.22 bits per heavy atom. The predicted molar refractivity (Wildman–Crippen MR) is 52.4 cm³/mol. The zero-order valence-electron chi connectivity index (χ0n) is 8.99. The van der Waals surface area contributed by atoms with Gasteiger partial charge in [-0.3, -0.25) is 4.79 Å². The Bertz CT molecular complexity index is 537. The second-order valence-corrected chi connectivity index (χ2v) is 3.82. The molecule has 0 aromatic heterocycles. The van der Waals surface area contributed by atoms with Crippen LogP contribution in [0.5, 0.6) is 11.5 Å². The highest BCUT2D eigenvalue weighted by atomic mass is 19.4. The fourth-order valence-electron chi connectivity index (χ4n) is 1.62. The second-order valence-electron chi connectivity index (χ2n) is 3.82. The summed E-state index contributed by atoms with van der Waals surface area (Å²) in [4.78, 5) is 11.1. The number of hydrogen-bond donors (Lipinski definition) is 2. The summed E-state index contributed by atoms with van der Waals surface area (Å²) < 4.78 is 38.1. The average Bonchev–Trinajstić information content (AvgIpc) is 2.94. The number of alkyl halides is 3. The smallest absolute Gasteiger partial charge is 0.442 e. The van der Waals surface area contributed by atoms with Crippen LogP contribution in [0.15, 0.2) is 22.4 Å². The third-order valence-corrected chi connectivity index (χ3v) is 2.55. The van der Waals surface area contributed by atoms with Crippen molar-refractivity contribution in [1.29, 1.82) is 0 Å². The molecule has 0 atom stereocenters. The Morgan fingerprint density at radius 3 is 1.94 bits per heavy atom. The van der Waals surface area contributed by atoms with E-state index >= 15 is 0 Å². The number of carbonyl (C=O) groups is 1. The van der Waals surface area contributed by atoms with Gasteiger partial charge in [-0.25, -0.2) is 0 Å². The first-order chi connectivity index (χ1) is 8.19. The van der Waals surface area contributed by atoms with Crippen LogP contribution in [0, 0.1) is 0 Å². The number of benzene rings is 1. The van der Waals surface area contributed by atoms with Crippen molar-refractivity contribution in [3.8, 4) is 11.5 Å². The third-order valence-electron chi connectivity index (χ3n) is 2.55. The van der Waals surface area contributed by atoms with Crippen molar-refractivity contribution >= 4 is 5.78 Å². The monoisotopic (exact) mass is 260 g/mol. The van der Waals surface area contributed by atoms with Crippen molar-refractivity contribution < 1.29 is 28.2 Å². The van der Waals surface area contributed by atoms with Gasteiger partial charge in [-0.15, -0.1) is 10.2 Å². The van der Waals surface area contributed by atoms with Gasteiger partial charge in [-0.2, -0.15) is 13.2 Å². The summed E-state index contributed by atoms with van der Waals surface area (Å²) in [7, 11) is 0. The molecular formula is C10H7F3N2O3. The molecular weight excluding hydrogens is 253 g/mol. The van der Waals surface area contributed by atoms with E-state index in [9.17, 15) is 28.2 Å². The lowest BCUT2D eigenvalue weighted by atomic mass is 9.98. The summed E-state index contributed by atoms with van der Waals surface area (Å²) in [5.74, 6) is -2.14. The molecule has 0 saturated carbocycles. The number of Topliss-reactive ketones (excluding diaryl/α,β-unsaturated/α-hetero) is 1. The van der Waals surface area contributed by atoms with Crippen LogP contribution in [-0.2, 0) is 5.66 Å². The number of nitrogens with zero attached hydrogens (tertiary/aromatic N) is 2. The largest absolute Gasteiger partial charge is 0.507 e. The number of phenolic OH excluding ortho intramolecular Hbond substituents is 2. The van der Waals surface area contributed by atoms with E-state index < -0.39 is 40.2 Å². The molecule has 2 rings (SSSR count). The van der Waals surface area contributed by atoms with Crippen LogP contribution in [0.2, 0.25) is 0 Å². The molecule has 5 nitrogen and oxygen atoms in total. The molecule has 1 aliphatic heterocycles. The number of rotatable bonds is 2. The number of hydrogen-bond acceptors (Lipinski definition) is 5. The molecule has 1 aliphatic rings. The molecule has 96 valence electrons. The SMILES string of the molecule is CC(=O)c1c(O)cc(C2(C(F)(F)F)N=N2)cc1O. The summed E-state index contributed by atoms with van der Waals surface area (Å²) in [5.41, 5.74) is -3.70. The Balaban J connectivity index is 2.54. The summed E-state index contributed by atoms with van der Waals surface area (Å²) in [6.45, 7) is 1.07. The zero-order valence-corrected chi connectivity index (χ0v) is 8.99. The molecule has 0 bridgehead atoms. The average molecular weight is 260 g/mol. The second kappa shape index (κ2) is 3.44. The van der Waals surface area contributed by atoms with Gasteiger partial charge in [0.1, 0.15) is 17.1 Å². The van der Waals surface area contributed by atoms with Crippen LogP contribution in [-0.4, -0.2) is 22.2 Å². The maximum Gasteiger partial charge on any atom is 0.442 e. The first kappa shape index (κ1) is 12.3. The van der Waals surface area contributed by atoms with Crippen LogP contribution in [0.4, 0.5) is 13.2 Å². The van der Waals surface area contributed by atoms with Crippen molar-refractivity contribution in [2.24, 2.45) is 10.2 Å². The highest BCUT2D eigenvalue weighted by Gasteiger charge is 2.65. The Labute approximate surface area is 98.6 Å². The zero-order chi connectivity index (χ0) is 13.7. The Morgan fingerprint density at radius 2 is 1.67 bits per heavy atom. The van der Waals surface area contributed by atoms with Crippen LogP contribution in [0.3, 0.4) is 0 Å². The van der Waals surface area contributed by atoms with E-state index in [2.05, 4.69) is 10.2 Å². The van der Waals surface area contributed by atoms with Crippen LogP contribution >= 0.6 is 0 Å². The van der Waals surface area contributed by atoms with Gasteiger partial charge in [0.15, 0.2) is 5.78 Å². The van der Waals surface area contributed by atoms with E-state index in [1.54, 1.807) is 0 Å². The highest BCUT2D eigenvalue weighted by molar-refractivity contribution is 5.99. The standard InChI is InChI=1S/C10H7F3N2O3/c1-4(16)8-6(17)2-5(3-7(8)18)9(14-15-9)10(11,12)13/h2-3,17-18H,1H3. The number of phenols is 2. The molecule has 0 radical (unpaired) electrons. The first-order valence-electron chi connectivity index (χ1n) is 4.77.